The molecule has 0 spiro atoms. The summed E-state index contributed by atoms with van der Waals surface area (Å²) in [6.07, 6.45) is 0. The standard InChI is InChI=1S/C7H5Br2ClO2S/c8-6-2-1-5(3-7(6)9)4-13(10,11)12/h1-3H,4H2. The summed E-state index contributed by atoms with van der Waals surface area (Å²) >= 11 is 6.55. The summed E-state index contributed by atoms with van der Waals surface area (Å²) < 4.78 is 23.2. The lowest BCUT2D eigenvalue weighted by molar-refractivity contribution is 0.609. The van der Waals surface area contributed by atoms with Crippen molar-refractivity contribution in [3.8, 4) is 0 Å². The fourth-order valence-corrected chi connectivity index (χ4v) is 2.46. The Labute approximate surface area is 98.0 Å². The molecule has 0 aliphatic rings. The highest BCUT2D eigenvalue weighted by Crippen LogP contribution is 2.24. The number of benzene rings is 1. The van der Waals surface area contributed by atoms with Crippen molar-refractivity contribution in [2.45, 2.75) is 5.75 Å². The van der Waals surface area contributed by atoms with E-state index in [-0.39, 0.29) is 5.75 Å². The summed E-state index contributed by atoms with van der Waals surface area (Å²) in [4.78, 5) is 0. The van der Waals surface area contributed by atoms with Gasteiger partial charge in [-0.3, -0.25) is 0 Å². The Balaban J connectivity index is 2.99. The maximum atomic E-state index is 10.7. The van der Waals surface area contributed by atoms with Crippen molar-refractivity contribution < 1.29 is 8.42 Å². The van der Waals surface area contributed by atoms with Gasteiger partial charge >= 0.3 is 0 Å². The third kappa shape index (κ3) is 3.97. The molecule has 0 radical (unpaired) electrons. The van der Waals surface area contributed by atoms with Gasteiger partial charge in [0.1, 0.15) is 0 Å². The van der Waals surface area contributed by atoms with Gasteiger partial charge in [-0.05, 0) is 49.6 Å². The van der Waals surface area contributed by atoms with Gasteiger partial charge in [0, 0.05) is 19.6 Å². The van der Waals surface area contributed by atoms with Crippen molar-refractivity contribution >= 4 is 51.6 Å². The molecule has 0 amide bonds. The van der Waals surface area contributed by atoms with Gasteiger partial charge in [-0.25, -0.2) is 8.42 Å². The first-order valence-corrected chi connectivity index (χ1v) is 7.31. The summed E-state index contributed by atoms with van der Waals surface area (Å²) in [7, 11) is 1.63. The molecule has 1 aromatic carbocycles. The molecular formula is C7H5Br2ClO2S. The molecule has 0 unspecified atom stereocenters. The van der Waals surface area contributed by atoms with Crippen molar-refractivity contribution in [1.82, 2.24) is 0 Å². The van der Waals surface area contributed by atoms with E-state index in [0.29, 0.717) is 5.56 Å². The largest absolute Gasteiger partial charge is 0.236 e. The first-order valence-electron chi connectivity index (χ1n) is 3.25. The minimum atomic E-state index is -3.47. The molecular weight excluding hydrogens is 343 g/mol. The van der Waals surface area contributed by atoms with E-state index in [2.05, 4.69) is 31.9 Å². The molecule has 0 saturated carbocycles. The van der Waals surface area contributed by atoms with Crippen LogP contribution in [0.3, 0.4) is 0 Å². The normalized spacial score (nSPS) is 11.6. The Bertz CT molecular complexity index is 417. The molecule has 0 aliphatic heterocycles. The Morgan fingerprint density at radius 3 is 2.31 bits per heavy atom. The maximum absolute atomic E-state index is 10.7. The number of rotatable bonds is 2. The number of halogens is 3. The fourth-order valence-electron chi connectivity index (χ4n) is 0.828. The Kier molecular flexibility index (Phi) is 3.80. The lowest BCUT2D eigenvalue weighted by Gasteiger charge is -2.00. The highest BCUT2D eigenvalue weighted by Gasteiger charge is 2.07. The van der Waals surface area contributed by atoms with Crippen molar-refractivity contribution in [3.05, 3.63) is 32.7 Å². The van der Waals surface area contributed by atoms with Gasteiger partial charge in [0.25, 0.3) is 0 Å². The minimum absolute atomic E-state index is 0.152. The fraction of sp³-hybridized carbons (Fsp3) is 0.143. The smallest absolute Gasteiger partial charge is 0.212 e. The predicted molar refractivity (Wildman–Crippen MR) is 60.3 cm³/mol. The lowest BCUT2D eigenvalue weighted by atomic mass is 10.2. The molecule has 1 rings (SSSR count). The van der Waals surface area contributed by atoms with E-state index >= 15 is 0 Å². The van der Waals surface area contributed by atoms with Gasteiger partial charge in [0.15, 0.2) is 0 Å². The molecule has 72 valence electrons. The van der Waals surface area contributed by atoms with Gasteiger partial charge in [-0.2, -0.15) is 0 Å². The highest BCUT2D eigenvalue weighted by atomic mass is 79.9. The average Bonchev–Trinajstić information content (AvgIpc) is 1.94. The van der Waals surface area contributed by atoms with Crippen LogP contribution in [-0.2, 0) is 14.8 Å². The zero-order valence-corrected chi connectivity index (χ0v) is 11.0. The lowest BCUT2D eigenvalue weighted by Crippen LogP contribution is -1.94. The van der Waals surface area contributed by atoms with Crippen molar-refractivity contribution in [2.24, 2.45) is 0 Å². The molecule has 0 atom stereocenters. The Morgan fingerprint density at radius 1 is 1.23 bits per heavy atom. The summed E-state index contributed by atoms with van der Waals surface area (Å²) in [5.74, 6) is -0.152. The Morgan fingerprint density at radius 2 is 1.85 bits per heavy atom. The third-order valence-corrected chi connectivity index (χ3v) is 4.21. The molecule has 0 saturated heterocycles. The number of hydrogen-bond donors (Lipinski definition) is 0. The van der Waals surface area contributed by atoms with E-state index in [4.69, 9.17) is 10.7 Å². The zero-order valence-electron chi connectivity index (χ0n) is 6.30. The van der Waals surface area contributed by atoms with E-state index in [1.165, 1.54) is 0 Å². The van der Waals surface area contributed by atoms with Gasteiger partial charge in [-0.1, -0.05) is 6.07 Å². The SMILES string of the molecule is O=S(=O)(Cl)Cc1ccc(Br)c(Br)c1. The first kappa shape index (κ1) is 11.5. The van der Waals surface area contributed by atoms with Crippen LogP contribution in [0.5, 0.6) is 0 Å². The molecule has 0 N–H and O–H groups in total. The molecule has 1 aromatic rings. The van der Waals surface area contributed by atoms with Gasteiger partial charge in [0.05, 0.1) is 5.75 Å². The summed E-state index contributed by atoms with van der Waals surface area (Å²) in [5.41, 5.74) is 0.657. The van der Waals surface area contributed by atoms with E-state index in [0.717, 1.165) is 8.95 Å². The molecule has 6 heteroatoms. The minimum Gasteiger partial charge on any atom is -0.212 e. The summed E-state index contributed by atoms with van der Waals surface area (Å²) in [6.45, 7) is 0. The van der Waals surface area contributed by atoms with Crippen LogP contribution in [0.2, 0.25) is 0 Å². The van der Waals surface area contributed by atoms with E-state index in [1.807, 2.05) is 0 Å². The number of hydrogen-bond acceptors (Lipinski definition) is 2. The highest BCUT2D eigenvalue weighted by molar-refractivity contribution is 9.13. The maximum Gasteiger partial charge on any atom is 0.236 e. The van der Waals surface area contributed by atoms with Gasteiger partial charge in [-0.15, -0.1) is 0 Å². The van der Waals surface area contributed by atoms with Crippen LogP contribution in [0, 0.1) is 0 Å². The molecule has 0 fully saturated rings. The topological polar surface area (TPSA) is 34.1 Å². The third-order valence-electron chi connectivity index (χ3n) is 1.32. The van der Waals surface area contributed by atoms with Gasteiger partial charge in [0.2, 0.25) is 9.05 Å². The Hall–Kier alpha value is 0.420. The van der Waals surface area contributed by atoms with Crippen LogP contribution in [0.1, 0.15) is 5.56 Å². The van der Waals surface area contributed by atoms with Crippen molar-refractivity contribution in [1.29, 1.82) is 0 Å². The van der Waals surface area contributed by atoms with E-state index in [1.54, 1.807) is 18.2 Å². The van der Waals surface area contributed by atoms with Crippen LogP contribution in [0.15, 0.2) is 27.1 Å². The average molecular weight is 348 g/mol. The monoisotopic (exact) mass is 346 g/mol. The molecule has 2 nitrogen and oxygen atoms in total. The zero-order chi connectivity index (χ0) is 10.1. The summed E-state index contributed by atoms with van der Waals surface area (Å²) in [6, 6.07) is 5.18. The molecule has 0 bridgehead atoms. The van der Waals surface area contributed by atoms with Crippen molar-refractivity contribution in [3.63, 3.8) is 0 Å². The van der Waals surface area contributed by atoms with Crippen LogP contribution in [-0.4, -0.2) is 8.42 Å². The second-order valence-electron chi connectivity index (χ2n) is 2.43. The second-order valence-corrected chi connectivity index (χ2v) is 6.92. The molecule has 0 aromatic heterocycles. The summed E-state index contributed by atoms with van der Waals surface area (Å²) in [5, 5.41) is 0. The predicted octanol–water partition coefficient (Wildman–Crippen LogP) is 3.28. The van der Waals surface area contributed by atoms with E-state index in [9.17, 15) is 8.42 Å². The van der Waals surface area contributed by atoms with Crippen LogP contribution in [0.4, 0.5) is 0 Å². The van der Waals surface area contributed by atoms with Crippen LogP contribution in [0.25, 0.3) is 0 Å². The quantitative estimate of drug-likeness (QED) is 0.769. The van der Waals surface area contributed by atoms with E-state index < -0.39 is 9.05 Å². The van der Waals surface area contributed by atoms with Gasteiger partial charge < -0.3 is 0 Å². The molecule has 0 heterocycles. The van der Waals surface area contributed by atoms with Crippen molar-refractivity contribution in [2.75, 3.05) is 0 Å². The molecule has 0 aliphatic carbocycles. The molecule has 13 heavy (non-hydrogen) atoms. The first-order chi connectivity index (χ1) is 5.88. The van der Waals surface area contributed by atoms with Crippen LogP contribution >= 0.6 is 42.5 Å². The van der Waals surface area contributed by atoms with Crippen LogP contribution < -0.4 is 0 Å². The second kappa shape index (κ2) is 4.29.